The fraction of sp³-hybridized carbons (Fsp3) is 0.471. The average Bonchev–Trinajstić information content (AvgIpc) is 2.71. The fourth-order valence-corrected chi connectivity index (χ4v) is 2.77. The van der Waals surface area contributed by atoms with Crippen LogP contribution in [0.3, 0.4) is 0 Å². The Morgan fingerprint density at radius 3 is 2.50 bits per heavy atom. The van der Waals surface area contributed by atoms with Crippen molar-refractivity contribution in [3.63, 3.8) is 0 Å². The molecule has 1 aromatic rings. The Balaban J connectivity index is 2.03. The molecule has 0 spiro atoms. The van der Waals surface area contributed by atoms with Crippen LogP contribution in [0.15, 0.2) is 36.5 Å². The minimum Gasteiger partial charge on any atom is -0.370 e. The number of likely N-dealkylation sites (tertiary alicyclic amines) is 1. The molecule has 0 aliphatic carbocycles. The van der Waals surface area contributed by atoms with Crippen LogP contribution in [0.2, 0.25) is 5.02 Å². The van der Waals surface area contributed by atoms with Crippen LogP contribution in [0.25, 0.3) is 0 Å². The Labute approximate surface area is 126 Å². The van der Waals surface area contributed by atoms with Gasteiger partial charge in [-0.05, 0) is 24.1 Å². The summed E-state index contributed by atoms with van der Waals surface area (Å²) in [6, 6.07) is 7.84. The minimum absolute atomic E-state index is 0.0785. The number of hydrogen-bond donors (Lipinski definition) is 0. The Kier molecular flexibility index (Phi) is 4.24. The van der Waals surface area contributed by atoms with Crippen LogP contribution in [0.1, 0.15) is 32.8 Å². The van der Waals surface area contributed by atoms with Crippen molar-refractivity contribution < 1.29 is 4.79 Å². The van der Waals surface area contributed by atoms with E-state index in [2.05, 4.69) is 11.5 Å². The van der Waals surface area contributed by atoms with Crippen LogP contribution >= 0.6 is 11.6 Å². The first kappa shape index (κ1) is 15.1. The van der Waals surface area contributed by atoms with E-state index in [0.29, 0.717) is 5.78 Å². The van der Waals surface area contributed by atoms with E-state index in [0.717, 1.165) is 30.2 Å². The molecule has 0 aromatic heterocycles. The number of allylic oxidation sites excluding steroid dienone is 1. The summed E-state index contributed by atoms with van der Waals surface area (Å²) in [7, 11) is 0. The summed E-state index contributed by atoms with van der Waals surface area (Å²) in [6.45, 7) is 11.6. The van der Waals surface area contributed by atoms with Crippen LogP contribution in [0, 0.1) is 11.3 Å². The lowest BCUT2D eigenvalue weighted by atomic mass is 9.82. The first-order chi connectivity index (χ1) is 9.27. The molecule has 0 saturated carbocycles. The summed E-state index contributed by atoms with van der Waals surface area (Å²) in [4.78, 5) is 14.6. The monoisotopic (exact) mass is 291 g/mol. The molecule has 1 unspecified atom stereocenters. The van der Waals surface area contributed by atoms with Gasteiger partial charge in [0, 0.05) is 35.1 Å². The largest absolute Gasteiger partial charge is 0.370 e. The van der Waals surface area contributed by atoms with Crippen LogP contribution < -0.4 is 0 Å². The summed E-state index contributed by atoms with van der Waals surface area (Å²) in [5.41, 5.74) is 1.98. The molecule has 1 aliphatic heterocycles. The van der Waals surface area contributed by atoms with E-state index in [9.17, 15) is 4.79 Å². The summed E-state index contributed by atoms with van der Waals surface area (Å²) >= 11 is 5.90. The molecule has 2 rings (SSSR count). The molecule has 3 heteroatoms. The third-order valence-electron chi connectivity index (χ3n) is 3.77. The Morgan fingerprint density at radius 1 is 1.35 bits per heavy atom. The standard InChI is InChI=1S/C17H22ClNO/c1-12-9-14(16(20)17(2,3)4)11-19(12)10-13-5-7-15(18)8-6-13/h5-8,14H,1,9-11H2,2-4H3. The van der Waals surface area contributed by atoms with Crippen molar-refractivity contribution in [3.05, 3.63) is 47.1 Å². The molecule has 1 aliphatic rings. The van der Waals surface area contributed by atoms with Crippen molar-refractivity contribution >= 4 is 17.4 Å². The van der Waals surface area contributed by atoms with Crippen LogP contribution in [-0.2, 0) is 11.3 Å². The summed E-state index contributed by atoms with van der Waals surface area (Å²) in [6.07, 6.45) is 0.781. The third kappa shape index (κ3) is 3.43. The van der Waals surface area contributed by atoms with Crippen LogP contribution in [0.4, 0.5) is 0 Å². The number of carbonyl (C=O) groups is 1. The van der Waals surface area contributed by atoms with Gasteiger partial charge in [0.15, 0.2) is 0 Å². The van der Waals surface area contributed by atoms with Gasteiger partial charge >= 0.3 is 0 Å². The quantitative estimate of drug-likeness (QED) is 0.828. The highest BCUT2D eigenvalue weighted by molar-refractivity contribution is 6.30. The SMILES string of the molecule is C=C1CC(C(=O)C(C)(C)C)CN1Cc1ccc(Cl)cc1. The van der Waals surface area contributed by atoms with Gasteiger partial charge in [0.25, 0.3) is 0 Å². The number of benzene rings is 1. The van der Waals surface area contributed by atoms with Gasteiger partial charge in [0.05, 0.1) is 0 Å². The van der Waals surface area contributed by atoms with E-state index in [1.54, 1.807) is 0 Å². The number of nitrogens with zero attached hydrogens (tertiary/aromatic N) is 1. The van der Waals surface area contributed by atoms with Crippen molar-refractivity contribution in [2.24, 2.45) is 11.3 Å². The lowest BCUT2D eigenvalue weighted by molar-refractivity contribution is -0.130. The topological polar surface area (TPSA) is 20.3 Å². The zero-order chi connectivity index (χ0) is 14.9. The molecule has 1 fully saturated rings. The highest BCUT2D eigenvalue weighted by atomic mass is 35.5. The number of rotatable bonds is 3. The van der Waals surface area contributed by atoms with Gasteiger partial charge in [0.2, 0.25) is 0 Å². The number of Topliss-reactive ketones (excluding diaryl/α,β-unsaturated/α-hetero) is 1. The van der Waals surface area contributed by atoms with Gasteiger partial charge in [-0.1, -0.05) is 51.1 Å². The highest BCUT2D eigenvalue weighted by Gasteiger charge is 2.35. The minimum atomic E-state index is -0.277. The Hall–Kier alpha value is -1.28. The maximum absolute atomic E-state index is 12.4. The fourth-order valence-electron chi connectivity index (χ4n) is 2.65. The van der Waals surface area contributed by atoms with Gasteiger partial charge in [0.1, 0.15) is 5.78 Å². The van der Waals surface area contributed by atoms with E-state index in [4.69, 9.17) is 11.6 Å². The van der Waals surface area contributed by atoms with Crippen molar-refractivity contribution in [1.29, 1.82) is 0 Å². The van der Waals surface area contributed by atoms with Gasteiger partial charge < -0.3 is 4.90 Å². The maximum atomic E-state index is 12.4. The molecule has 20 heavy (non-hydrogen) atoms. The second-order valence-corrected chi connectivity index (χ2v) is 7.02. The maximum Gasteiger partial charge on any atom is 0.143 e. The third-order valence-corrected chi connectivity index (χ3v) is 4.02. The smallest absolute Gasteiger partial charge is 0.143 e. The number of hydrogen-bond acceptors (Lipinski definition) is 2. The van der Waals surface area contributed by atoms with E-state index in [-0.39, 0.29) is 11.3 Å². The predicted octanol–water partition coefficient (Wildman–Crippen LogP) is 4.29. The van der Waals surface area contributed by atoms with E-state index in [1.165, 1.54) is 5.56 Å². The molecule has 1 atom stereocenters. The van der Waals surface area contributed by atoms with Crippen molar-refractivity contribution in [2.45, 2.75) is 33.7 Å². The highest BCUT2D eigenvalue weighted by Crippen LogP contribution is 2.32. The van der Waals surface area contributed by atoms with Gasteiger partial charge in [-0.25, -0.2) is 0 Å². The Bertz CT molecular complexity index is 513. The number of carbonyl (C=O) groups excluding carboxylic acids is 1. The molecule has 0 amide bonds. The van der Waals surface area contributed by atoms with Crippen LogP contribution in [0.5, 0.6) is 0 Å². The molecular weight excluding hydrogens is 270 g/mol. The van der Waals surface area contributed by atoms with Gasteiger partial charge in [-0.2, -0.15) is 0 Å². The second-order valence-electron chi connectivity index (χ2n) is 6.59. The molecule has 108 valence electrons. The van der Waals surface area contributed by atoms with E-state index >= 15 is 0 Å². The molecule has 0 bridgehead atoms. The Morgan fingerprint density at radius 2 is 1.95 bits per heavy atom. The van der Waals surface area contributed by atoms with Crippen molar-refractivity contribution in [3.8, 4) is 0 Å². The van der Waals surface area contributed by atoms with Gasteiger partial charge in [-0.15, -0.1) is 0 Å². The summed E-state index contributed by atoms with van der Waals surface area (Å²) < 4.78 is 0. The van der Waals surface area contributed by atoms with Crippen molar-refractivity contribution in [2.75, 3.05) is 6.54 Å². The zero-order valence-electron chi connectivity index (χ0n) is 12.4. The van der Waals surface area contributed by atoms with Crippen molar-refractivity contribution in [1.82, 2.24) is 4.90 Å². The first-order valence-corrected chi connectivity index (χ1v) is 7.36. The normalized spacial score (nSPS) is 19.5. The summed E-state index contributed by atoms with van der Waals surface area (Å²) in [5.74, 6) is 0.409. The molecule has 2 nitrogen and oxygen atoms in total. The van der Waals surface area contributed by atoms with Crippen LogP contribution in [-0.4, -0.2) is 17.2 Å². The molecule has 0 N–H and O–H groups in total. The summed E-state index contributed by atoms with van der Waals surface area (Å²) in [5, 5.41) is 0.745. The number of ketones is 1. The predicted molar refractivity (Wildman–Crippen MR) is 83.6 cm³/mol. The average molecular weight is 292 g/mol. The molecule has 1 heterocycles. The van der Waals surface area contributed by atoms with E-state index in [1.807, 2.05) is 45.0 Å². The lowest BCUT2D eigenvalue weighted by Gasteiger charge is -2.22. The second kappa shape index (κ2) is 5.61. The molecule has 1 aromatic carbocycles. The number of halogens is 1. The zero-order valence-corrected chi connectivity index (χ0v) is 13.2. The van der Waals surface area contributed by atoms with E-state index < -0.39 is 0 Å². The molecule has 0 radical (unpaired) electrons. The molecule has 1 saturated heterocycles. The first-order valence-electron chi connectivity index (χ1n) is 6.99. The van der Waals surface area contributed by atoms with Gasteiger partial charge in [-0.3, -0.25) is 4.79 Å². The lowest BCUT2D eigenvalue weighted by Crippen LogP contribution is -2.30. The molecular formula is C17H22ClNO.